The summed E-state index contributed by atoms with van der Waals surface area (Å²) in [6.07, 6.45) is 3.34. The number of carbonyl (C=O) groups is 2. The molecule has 92 valence electrons. The maximum Gasteiger partial charge on any atom is 0.354 e. The molecule has 2 N–H and O–H groups in total. The smallest absolute Gasteiger partial charge is 0.354 e. The molecular weight excluding hydrogens is 222 g/mol. The molecule has 17 heavy (non-hydrogen) atoms. The zero-order chi connectivity index (χ0) is 12.4. The highest BCUT2D eigenvalue weighted by atomic mass is 16.4. The fourth-order valence-electron chi connectivity index (χ4n) is 2.29. The van der Waals surface area contributed by atoms with Crippen LogP contribution in [0.4, 0.5) is 0 Å². The summed E-state index contributed by atoms with van der Waals surface area (Å²) in [6, 6.07) is 0. The number of H-pyrrole nitrogens is 1. The lowest BCUT2D eigenvalue weighted by molar-refractivity contribution is -0.130. The molecule has 0 aromatic carbocycles. The number of amides is 1. The zero-order valence-corrected chi connectivity index (χ0v) is 9.64. The lowest BCUT2D eigenvalue weighted by atomic mass is 9.91. The number of carboxylic acid groups (broad SMARTS) is 1. The number of likely N-dealkylation sites (tertiary alicyclic amines) is 1. The Bertz CT molecular complexity index is 441. The van der Waals surface area contributed by atoms with Crippen LogP contribution < -0.4 is 0 Å². The summed E-state index contributed by atoms with van der Waals surface area (Å²) in [5.74, 6) is -0.898. The predicted molar refractivity (Wildman–Crippen MR) is 59.8 cm³/mol. The Morgan fingerprint density at radius 3 is 3.00 bits per heavy atom. The number of aromatic amines is 1. The number of hydrogen-bond donors (Lipinski definition) is 2. The Labute approximate surface area is 98.6 Å². The summed E-state index contributed by atoms with van der Waals surface area (Å²) in [5, 5.41) is 15.3. The van der Waals surface area contributed by atoms with E-state index < -0.39 is 5.97 Å². The van der Waals surface area contributed by atoms with E-state index in [1.807, 2.05) is 0 Å². The van der Waals surface area contributed by atoms with Gasteiger partial charge in [0.2, 0.25) is 5.91 Å². The first-order valence-electron chi connectivity index (χ1n) is 5.61. The highest BCUT2D eigenvalue weighted by Gasteiger charge is 2.27. The Hall–Kier alpha value is -1.85. The Morgan fingerprint density at radius 2 is 2.35 bits per heavy atom. The van der Waals surface area contributed by atoms with E-state index in [9.17, 15) is 9.59 Å². The molecule has 1 aromatic heterocycles. The minimum atomic E-state index is -1.00. The van der Waals surface area contributed by atoms with Crippen LogP contribution in [-0.2, 0) is 4.79 Å². The van der Waals surface area contributed by atoms with Gasteiger partial charge in [-0.25, -0.2) is 4.79 Å². The van der Waals surface area contributed by atoms with Crippen molar-refractivity contribution < 1.29 is 14.7 Å². The quantitative estimate of drug-likeness (QED) is 0.797. The highest BCUT2D eigenvalue weighted by Crippen LogP contribution is 2.28. The maximum atomic E-state index is 11.3. The number of nitrogens with one attached hydrogen (secondary N) is 1. The van der Waals surface area contributed by atoms with E-state index in [0.717, 1.165) is 19.4 Å². The van der Waals surface area contributed by atoms with Gasteiger partial charge in [0.25, 0.3) is 0 Å². The molecule has 0 radical (unpaired) electrons. The van der Waals surface area contributed by atoms with Gasteiger partial charge in [-0.3, -0.25) is 9.89 Å². The van der Waals surface area contributed by atoms with Crippen molar-refractivity contribution in [2.24, 2.45) is 0 Å². The van der Waals surface area contributed by atoms with Gasteiger partial charge in [-0.2, -0.15) is 5.10 Å². The second kappa shape index (κ2) is 4.57. The average molecular weight is 237 g/mol. The van der Waals surface area contributed by atoms with E-state index in [4.69, 9.17) is 5.11 Å². The Kier molecular flexibility index (Phi) is 3.12. The van der Waals surface area contributed by atoms with Crippen LogP contribution in [-0.4, -0.2) is 45.2 Å². The molecule has 0 bridgehead atoms. The number of aromatic nitrogens is 2. The predicted octanol–water partition coefficient (Wildman–Crippen LogP) is 0.834. The first-order valence-corrected chi connectivity index (χ1v) is 5.61. The molecule has 1 aliphatic heterocycles. The monoisotopic (exact) mass is 237 g/mol. The number of hydrogen-bond acceptors (Lipinski definition) is 3. The maximum absolute atomic E-state index is 11.3. The standard InChI is InChI=1S/C11H15N3O3/c1-7(15)14-4-2-3-8(6-14)9-5-12-13-10(9)11(16)17/h5,8H,2-4,6H2,1H3,(H,12,13)(H,16,17). The number of piperidine rings is 1. The average Bonchev–Trinajstić information content (AvgIpc) is 2.78. The second-order valence-electron chi connectivity index (χ2n) is 4.31. The van der Waals surface area contributed by atoms with Gasteiger partial charge in [0, 0.05) is 31.5 Å². The van der Waals surface area contributed by atoms with Crippen LogP contribution in [0.2, 0.25) is 0 Å². The van der Waals surface area contributed by atoms with Crippen molar-refractivity contribution >= 4 is 11.9 Å². The van der Waals surface area contributed by atoms with Crippen molar-refractivity contribution in [3.63, 3.8) is 0 Å². The third-order valence-electron chi connectivity index (χ3n) is 3.19. The molecule has 6 heteroatoms. The van der Waals surface area contributed by atoms with Crippen LogP contribution in [0.3, 0.4) is 0 Å². The molecular formula is C11H15N3O3. The molecule has 1 amide bonds. The van der Waals surface area contributed by atoms with Crippen molar-refractivity contribution in [3.05, 3.63) is 17.5 Å². The number of rotatable bonds is 2. The van der Waals surface area contributed by atoms with Gasteiger partial charge < -0.3 is 10.0 Å². The van der Waals surface area contributed by atoms with Crippen molar-refractivity contribution in [3.8, 4) is 0 Å². The first kappa shape index (κ1) is 11.6. The lowest BCUT2D eigenvalue weighted by Gasteiger charge is -2.31. The van der Waals surface area contributed by atoms with Crippen LogP contribution in [0.5, 0.6) is 0 Å². The van der Waals surface area contributed by atoms with E-state index in [1.54, 1.807) is 11.1 Å². The third-order valence-corrected chi connectivity index (χ3v) is 3.19. The molecule has 1 saturated heterocycles. The molecule has 2 rings (SSSR count). The van der Waals surface area contributed by atoms with E-state index in [-0.39, 0.29) is 17.5 Å². The van der Waals surface area contributed by atoms with Crippen LogP contribution in [0.1, 0.15) is 41.7 Å². The number of carbonyl (C=O) groups excluding carboxylic acids is 1. The molecule has 1 unspecified atom stereocenters. The van der Waals surface area contributed by atoms with Crippen molar-refractivity contribution in [1.29, 1.82) is 0 Å². The number of carboxylic acids is 1. The molecule has 0 spiro atoms. The lowest BCUT2D eigenvalue weighted by Crippen LogP contribution is -2.37. The van der Waals surface area contributed by atoms with Crippen molar-refractivity contribution in [1.82, 2.24) is 15.1 Å². The molecule has 0 aliphatic carbocycles. The van der Waals surface area contributed by atoms with Crippen LogP contribution in [0.25, 0.3) is 0 Å². The molecule has 1 atom stereocenters. The second-order valence-corrected chi connectivity index (χ2v) is 4.31. The summed E-state index contributed by atoms with van der Waals surface area (Å²) in [5.41, 5.74) is 0.837. The van der Waals surface area contributed by atoms with Crippen LogP contribution in [0, 0.1) is 0 Å². The topological polar surface area (TPSA) is 86.3 Å². The first-order chi connectivity index (χ1) is 8.09. The zero-order valence-electron chi connectivity index (χ0n) is 9.64. The van der Waals surface area contributed by atoms with Crippen LogP contribution >= 0.6 is 0 Å². The summed E-state index contributed by atoms with van der Waals surface area (Å²) in [7, 11) is 0. The minimum absolute atomic E-state index is 0.0371. The Balaban J connectivity index is 2.19. The van der Waals surface area contributed by atoms with E-state index in [2.05, 4.69) is 10.2 Å². The minimum Gasteiger partial charge on any atom is -0.477 e. The fraction of sp³-hybridized carbons (Fsp3) is 0.545. The number of aromatic carboxylic acids is 1. The SMILES string of the molecule is CC(=O)N1CCCC(c2cn[nH]c2C(=O)O)C1. The molecule has 6 nitrogen and oxygen atoms in total. The summed E-state index contributed by atoms with van der Waals surface area (Å²) < 4.78 is 0. The van der Waals surface area contributed by atoms with Gasteiger partial charge in [0.05, 0.1) is 6.20 Å². The van der Waals surface area contributed by atoms with Gasteiger partial charge in [0.15, 0.2) is 0 Å². The van der Waals surface area contributed by atoms with Crippen LogP contribution in [0.15, 0.2) is 6.20 Å². The van der Waals surface area contributed by atoms with Gasteiger partial charge in [-0.15, -0.1) is 0 Å². The molecule has 1 fully saturated rings. The molecule has 0 saturated carbocycles. The highest BCUT2D eigenvalue weighted by molar-refractivity contribution is 5.87. The van der Waals surface area contributed by atoms with Gasteiger partial charge >= 0.3 is 5.97 Å². The van der Waals surface area contributed by atoms with E-state index in [0.29, 0.717) is 12.1 Å². The Morgan fingerprint density at radius 1 is 1.59 bits per heavy atom. The summed E-state index contributed by atoms with van der Waals surface area (Å²) in [4.78, 5) is 24.1. The van der Waals surface area contributed by atoms with E-state index in [1.165, 1.54) is 6.92 Å². The van der Waals surface area contributed by atoms with Gasteiger partial charge in [0.1, 0.15) is 5.69 Å². The number of nitrogens with zero attached hydrogens (tertiary/aromatic N) is 2. The van der Waals surface area contributed by atoms with Gasteiger partial charge in [-0.05, 0) is 12.8 Å². The largest absolute Gasteiger partial charge is 0.477 e. The normalized spacial score (nSPS) is 20.3. The molecule has 1 aromatic rings. The van der Waals surface area contributed by atoms with Crippen molar-refractivity contribution in [2.75, 3.05) is 13.1 Å². The third kappa shape index (κ3) is 2.30. The summed E-state index contributed by atoms with van der Waals surface area (Å²) >= 11 is 0. The van der Waals surface area contributed by atoms with E-state index >= 15 is 0 Å². The fourth-order valence-corrected chi connectivity index (χ4v) is 2.29. The molecule has 1 aliphatic rings. The van der Waals surface area contributed by atoms with Gasteiger partial charge in [-0.1, -0.05) is 0 Å². The molecule has 2 heterocycles. The van der Waals surface area contributed by atoms with Crippen molar-refractivity contribution in [2.45, 2.75) is 25.7 Å². The summed E-state index contributed by atoms with van der Waals surface area (Å²) in [6.45, 7) is 2.87.